The van der Waals surface area contributed by atoms with Gasteiger partial charge >= 0.3 is 0 Å². The van der Waals surface area contributed by atoms with Gasteiger partial charge in [0.1, 0.15) is 7.85 Å². The van der Waals surface area contributed by atoms with Crippen LogP contribution < -0.4 is 0 Å². The fourth-order valence-corrected chi connectivity index (χ4v) is 1.62. The minimum Gasteiger partial charge on any atom is -0.0988 e. The third kappa shape index (κ3) is 4.00. The van der Waals surface area contributed by atoms with E-state index in [4.69, 9.17) is 0 Å². The Morgan fingerprint density at radius 1 is 1.43 bits per heavy atom. The maximum Gasteiger partial charge on any atom is 0.111 e. The SMILES string of the molecule is BC(CC)C(/C=C\C)=C(/C=C)CCC. The predicted octanol–water partition coefficient (Wildman–Crippen LogP) is 3.68. The molecule has 1 atom stereocenters. The zero-order valence-corrected chi connectivity index (χ0v) is 10.1. The van der Waals surface area contributed by atoms with Gasteiger partial charge in [-0.05, 0) is 24.7 Å². The van der Waals surface area contributed by atoms with Gasteiger partial charge in [0, 0.05) is 0 Å². The fourth-order valence-electron chi connectivity index (χ4n) is 1.62. The van der Waals surface area contributed by atoms with Crippen LogP contribution >= 0.6 is 0 Å². The first-order valence-electron chi connectivity index (χ1n) is 5.69. The summed E-state index contributed by atoms with van der Waals surface area (Å²) in [4.78, 5) is 0. The van der Waals surface area contributed by atoms with Crippen LogP contribution in [-0.2, 0) is 0 Å². The summed E-state index contributed by atoms with van der Waals surface area (Å²) < 4.78 is 0. The standard InChI is InChI=1S/C13H23B/c1-5-9-11(7-3)12(10-6-2)13(14)8-4/h6-7,10,13H,3,5,8-9,14H2,1-2,4H3/b10-6-,12-11-. The van der Waals surface area contributed by atoms with Gasteiger partial charge in [0.25, 0.3) is 0 Å². The summed E-state index contributed by atoms with van der Waals surface area (Å²) in [6.07, 6.45) is 9.92. The lowest BCUT2D eigenvalue weighted by atomic mass is 9.76. The van der Waals surface area contributed by atoms with Crippen LogP contribution in [0.3, 0.4) is 0 Å². The van der Waals surface area contributed by atoms with Crippen molar-refractivity contribution in [2.24, 2.45) is 0 Å². The second-order valence-corrected chi connectivity index (χ2v) is 3.74. The monoisotopic (exact) mass is 190 g/mol. The smallest absolute Gasteiger partial charge is 0.0988 e. The quantitative estimate of drug-likeness (QED) is 0.442. The van der Waals surface area contributed by atoms with Crippen molar-refractivity contribution in [2.45, 2.75) is 45.9 Å². The minimum atomic E-state index is 0.644. The molecule has 0 aliphatic carbocycles. The van der Waals surface area contributed by atoms with Crippen LogP contribution in [0.15, 0.2) is 36.0 Å². The van der Waals surface area contributed by atoms with Crippen molar-refractivity contribution in [3.63, 3.8) is 0 Å². The molecule has 0 rings (SSSR count). The van der Waals surface area contributed by atoms with Crippen molar-refractivity contribution >= 4 is 7.85 Å². The first kappa shape index (κ1) is 13.3. The molecule has 0 heterocycles. The Kier molecular flexibility index (Phi) is 7.28. The molecule has 0 fully saturated rings. The second kappa shape index (κ2) is 7.67. The number of hydrogen-bond donors (Lipinski definition) is 0. The first-order chi connectivity index (χ1) is 6.71. The van der Waals surface area contributed by atoms with E-state index in [0.717, 1.165) is 6.42 Å². The van der Waals surface area contributed by atoms with E-state index in [-0.39, 0.29) is 0 Å². The highest BCUT2D eigenvalue weighted by atomic mass is 14.1. The van der Waals surface area contributed by atoms with E-state index in [2.05, 4.69) is 47.3 Å². The molecule has 0 radical (unpaired) electrons. The van der Waals surface area contributed by atoms with E-state index in [0.29, 0.717) is 5.82 Å². The normalized spacial score (nSPS) is 15.4. The van der Waals surface area contributed by atoms with Crippen LogP contribution in [0.5, 0.6) is 0 Å². The lowest BCUT2D eigenvalue weighted by Gasteiger charge is -2.14. The lowest BCUT2D eigenvalue weighted by molar-refractivity contribution is 0.867. The van der Waals surface area contributed by atoms with Crippen molar-refractivity contribution in [3.05, 3.63) is 36.0 Å². The molecule has 0 saturated heterocycles. The maximum atomic E-state index is 3.91. The summed E-state index contributed by atoms with van der Waals surface area (Å²) >= 11 is 0. The average molecular weight is 190 g/mol. The molecule has 0 amide bonds. The molecule has 0 aliphatic heterocycles. The Morgan fingerprint density at radius 3 is 2.43 bits per heavy atom. The topological polar surface area (TPSA) is 0 Å². The lowest BCUT2D eigenvalue weighted by Crippen LogP contribution is -1.97. The summed E-state index contributed by atoms with van der Waals surface area (Å²) in [5.41, 5.74) is 2.88. The highest BCUT2D eigenvalue weighted by Gasteiger charge is 2.07. The number of hydrogen-bond acceptors (Lipinski definition) is 0. The Hall–Kier alpha value is -0.715. The molecule has 0 aromatic rings. The Bertz CT molecular complexity index is 223. The molecular weight excluding hydrogens is 167 g/mol. The highest BCUT2D eigenvalue weighted by Crippen LogP contribution is 2.25. The average Bonchev–Trinajstić information content (AvgIpc) is 2.22. The van der Waals surface area contributed by atoms with Gasteiger partial charge in [0.05, 0.1) is 0 Å². The molecule has 1 unspecified atom stereocenters. The maximum absolute atomic E-state index is 3.91. The van der Waals surface area contributed by atoms with Gasteiger partial charge in [-0.3, -0.25) is 0 Å². The zero-order valence-electron chi connectivity index (χ0n) is 10.1. The largest absolute Gasteiger partial charge is 0.111 e. The summed E-state index contributed by atoms with van der Waals surface area (Å²) in [7, 11) is 2.29. The van der Waals surface area contributed by atoms with Gasteiger partial charge in [-0.2, -0.15) is 0 Å². The predicted molar refractivity (Wildman–Crippen MR) is 69.5 cm³/mol. The Balaban J connectivity index is 4.96. The van der Waals surface area contributed by atoms with Crippen LogP contribution in [0.25, 0.3) is 0 Å². The molecule has 0 aliphatic rings. The van der Waals surface area contributed by atoms with Gasteiger partial charge in [-0.15, -0.1) is 0 Å². The van der Waals surface area contributed by atoms with Gasteiger partial charge in [0.15, 0.2) is 0 Å². The van der Waals surface area contributed by atoms with Crippen molar-refractivity contribution < 1.29 is 0 Å². The molecule has 1 heteroatoms. The molecular formula is C13H23B. The van der Waals surface area contributed by atoms with Gasteiger partial charge in [-0.25, -0.2) is 0 Å². The van der Waals surface area contributed by atoms with E-state index < -0.39 is 0 Å². The first-order valence-corrected chi connectivity index (χ1v) is 5.69. The molecule has 0 nitrogen and oxygen atoms in total. The van der Waals surface area contributed by atoms with Crippen LogP contribution in [0.2, 0.25) is 5.82 Å². The van der Waals surface area contributed by atoms with Gasteiger partial charge in [-0.1, -0.05) is 57.1 Å². The van der Waals surface area contributed by atoms with Crippen LogP contribution in [0, 0.1) is 0 Å². The van der Waals surface area contributed by atoms with Crippen LogP contribution in [-0.4, -0.2) is 7.85 Å². The van der Waals surface area contributed by atoms with Crippen molar-refractivity contribution in [1.29, 1.82) is 0 Å². The molecule has 0 N–H and O–H groups in total. The van der Waals surface area contributed by atoms with E-state index in [9.17, 15) is 0 Å². The molecule has 0 aromatic heterocycles. The Labute approximate surface area is 90.2 Å². The third-order valence-corrected chi connectivity index (χ3v) is 2.63. The summed E-state index contributed by atoms with van der Waals surface area (Å²) in [6, 6.07) is 0. The van der Waals surface area contributed by atoms with E-state index in [1.54, 1.807) is 0 Å². The molecule has 0 spiro atoms. The summed E-state index contributed by atoms with van der Waals surface area (Å²) in [5, 5.41) is 0. The van der Waals surface area contributed by atoms with Gasteiger partial charge in [0.2, 0.25) is 0 Å². The third-order valence-electron chi connectivity index (χ3n) is 2.63. The molecule has 78 valence electrons. The Morgan fingerprint density at radius 2 is 2.07 bits per heavy atom. The van der Waals surface area contributed by atoms with Crippen LogP contribution in [0.4, 0.5) is 0 Å². The number of allylic oxidation sites excluding steroid dienone is 5. The second-order valence-electron chi connectivity index (χ2n) is 3.74. The van der Waals surface area contributed by atoms with Crippen molar-refractivity contribution in [1.82, 2.24) is 0 Å². The summed E-state index contributed by atoms with van der Waals surface area (Å²) in [6.45, 7) is 10.4. The van der Waals surface area contributed by atoms with E-state index >= 15 is 0 Å². The molecule has 0 aromatic carbocycles. The van der Waals surface area contributed by atoms with Crippen LogP contribution in [0.1, 0.15) is 40.0 Å². The highest BCUT2D eigenvalue weighted by molar-refractivity contribution is 6.14. The van der Waals surface area contributed by atoms with Crippen molar-refractivity contribution in [2.75, 3.05) is 0 Å². The summed E-state index contributed by atoms with van der Waals surface area (Å²) in [5.74, 6) is 0.644. The minimum absolute atomic E-state index is 0.644. The number of rotatable bonds is 6. The molecule has 0 bridgehead atoms. The zero-order chi connectivity index (χ0) is 11.0. The van der Waals surface area contributed by atoms with E-state index in [1.807, 2.05) is 6.08 Å². The van der Waals surface area contributed by atoms with E-state index in [1.165, 1.54) is 24.0 Å². The fraction of sp³-hybridized carbons (Fsp3) is 0.538. The van der Waals surface area contributed by atoms with Gasteiger partial charge < -0.3 is 0 Å². The van der Waals surface area contributed by atoms with Crippen molar-refractivity contribution in [3.8, 4) is 0 Å². The molecule has 14 heavy (non-hydrogen) atoms. The molecule has 0 saturated carbocycles.